The number of hydrogen-bond donors (Lipinski definition) is 0. The number of aromatic nitrogens is 1. The van der Waals surface area contributed by atoms with Crippen LogP contribution in [0, 0.1) is 6.92 Å². The lowest BCUT2D eigenvalue weighted by atomic mass is 10.5. The fraction of sp³-hybridized carbons (Fsp3) is 0.769. The smallest absolute Gasteiger partial charge is 0.195 e. The van der Waals surface area contributed by atoms with E-state index >= 15 is 0 Å². The molecule has 1 aromatic heterocycles. The van der Waals surface area contributed by atoms with Crippen molar-refractivity contribution < 1.29 is 4.42 Å². The minimum Gasteiger partial charge on any atom is -0.446 e. The van der Waals surface area contributed by atoms with E-state index in [1.807, 2.05) is 32.5 Å². The highest BCUT2D eigenvalue weighted by molar-refractivity contribution is 7.99. The summed E-state index contributed by atoms with van der Waals surface area (Å²) >= 11 is 1.91. The van der Waals surface area contributed by atoms with E-state index < -0.39 is 0 Å². The molecule has 2 nitrogen and oxygen atoms in total. The molecule has 0 aliphatic carbocycles. The normalized spacial score (nSPS) is 8.62. The van der Waals surface area contributed by atoms with Crippen LogP contribution in [0.2, 0.25) is 0 Å². The Kier molecular flexibility index (Phi) is 16.3. The summed E-state index contributed by atoms with van der Waals surface area (Å²) in [6.45, 7) is 12.3. The van der Waals surface area contributed by atoms with Crippen LogP contribution < -0.4 is 0 Å². The van der Waals surface area contributed by atoms with E-state index in [0.717, 1.165) is 23.8 Å². The maximum atomic E-state index is 5.31. The van der Waals surface area contributed by atoms with Crippen LogP contribution in [0.15, 0.2) is 10.6 Å². The Morgan fingerprint density at radius 1 is 1.25 bits per heavy atom. The van der Waals surface area contributed by atoms with Gasteiger partial charge in [0, 0.05) is 12.2 Å². The fourth-order valence-electron chi connectivity index (χ4n) is 0.821. The van der Waals surface area contributed by atoms with Gasteiger partial charge in [0.2, 0.25) is 0 Å². The molecule has 3 heteroatoms. The van der Waals surface area contributed by atoms with E-state index in [0.29, 0.717) is 0 Å². The van der Waals surface area contributed by atoms with Crippen LogP contribution in [0.1, 0.15) is 52.7 Å². The van der Waals surface area contributed by atoms with E-state index in [4.69, 9.17) is 4.42 Å². The summed E-state index contributed by atoms with van der Waals surface area (Å²) in [5.41, 5.74) is 0. The predicted molar refractivity (Wildman–Crippen MR) is 75.3 cm³/mol. The van der Waals surface area contributed by atoms with E-state index in [1.165, 1.54) is 12.2 Å². The minimum atomic E-state index is 0.864. The molecule has 0 amide bonds. The zero-order chi connectivity index (χ0) is 12.8. The van der Waals surface area contributed by atoms with Crippen molar-refractivity contribution in [2.75, 3.05) is 11.5 Å². The van der Waals surface area contributed by atoms with Crippen LogP contribution in [0.25, 0.3) is 0 Å². The number of aryl methyl sites for hydroxylation is 2. The van der Waals surface area contributed by atoms with Crippen LogP contribution in [-0.4, -0.2) is 16.5 Å². The topological polar surface area (TPSA) is 26.0 Å². The lowest BCUT2D eigenvalue weighted by Crippen LogP contribution is -1.87. The number of hydrogen-bond acceptors (Lipinski definition) is 3. The second-order valence-corrected chi connectivity index (χ2v) is 4.41. The largest absolute Gasteiger partial charge is 0.446 e. The molecule has 0 aliphatic heterocycles. The monoisotopic (exact) mass is 245 g/mol. The van der Waals surface area contributed by atoms with Gasteiger partial charge in [0.25, 0.3) is 0 Å². The standard InChI is InChI=1S/C8H13NOS.C3H8.C2H6/c1-3-11-5-4-8-9-6-7(2)10-8;1-3-2;1-2/h6H,3-5H2,1-2H3;3H2,1-2H3;1-2H3. The molecule has 0 radical (unpaired) electrons. The Bertz CT molecular complexity index is 223. The average molecular weight is 245 g/mol. The molecule has 96 valence electrons. The molecule has 0 fully saturated rings. The quantitative estimate of drug-likeness (QED) is 0.718. The molecule has 0 aromatic carbocycles. The van der Waals surface area contributed by atoms with E-state index in [9.17, 15) is 0 Å². The first-order valence-corrected chi connectivity index (χ1v) is 7.39. The Balaban J connectivity index is 0. The van der Waals surface area contributed by atoms with Gasteiger partial charge in [0.15, 0.2) is 5.89 Å². The Morgan fingerprint density at radius 2 is 1.81 bits per heavy atom. The molecular weight excluding hydrogens is 218 g/mol. The zero-order valence-electron chi connectivity index (χ0n) is 11.7. The van der Waals surface area contributed by atoms with Gasteiger partial charge in [-0.15, -0.1) is 0 Å². The summed E-state index contributed by atoms with van der Waals surface area (Å²) in [5, 5.41) is 0. The maximum absolute atomic E-state index is 5.31. The highest BCUT2D eigenvalue weighted by Gasteiger charge is 1.98. The number of rotatable bonds is 4. The zero-order valence-corrected chi connectivity index (χ0v) is 12.5. The highest BCUT2D eigenvalue weighted by atomic mass is 32.2. The van der Waals surface area contributed by atoms with Crippen LogP contribution in [0.3, 0.4) is 0 Å². The molecule has 0 bridgehead atoms. The third-order valence-corrected chi connectivity index (χ3v) is 2.23. The van der Waals surface area contributed by atoms with E-state index in [-0.39, 0.29) is 0 Å². The van der Waals surface area contributed by atoms with Crippen molar-refractivity contribution in [1.29, 1.82) is 0 Å². The second-order valence-electron chi connectivity index (χ2n) is 3.02. The lowest BCUT2D eigenvalue weighted by molar-refractivity contribution is 0.478. The summed E-state index contributed by atoms with van der Waals surface area (Å²) in [5.74, 6) is 4.04. The third-order valence-electron chi connectivity index (χ3n) is 1.33. The molecule has 0 saturated carbocycles. The SMILES string of the molecule is CC.CCC.CCSCCc1ncc(C)o1. The van der Waals surface area contributed by atoms with Gasteiger partial charge in [-0.25, -0.2) is 4.98 Å². The third kappa shape index (κ3) is 11.6. The molecule has 1 heterocycles. The molecule has 0 saturated heterocycles. The van der Waals surface area contributed by atoms with Crippen LogP contribution >= 0.6 is 11.8 Å². The van der Waals surface area contributed by atoms with Gasteiger partial charge in [-0.2, -0.15) is 11.8 Å². The van der Waals surface area contributed by atoms with Crippen LogP contribution in [0.4, 0.5) is 0 Å². The van der Waals surface area contributed by atoms with Crippen molar-refractivity contribution >= 4 is 11.8 Å². The first-order chi connectivity index (χ1) is 7.74. The van der Waals surface area contributed by atoms with Gasteiger partial charge < -0.3 is 4.42 Å². The molecule has 0 spiro atoms. The first kappa shape index (κ1) is 17.9. The fourth-order valence-corrected chi connectivity index (χ4v) is 1.43. The Hall–Kier alpha value is -0.440. The minimum absolute atomic E-state index is 0.864. The molecule has 16 heavy (non-hydrogen) atoms. The Morgan fingerprint density at radius 3 is 2.19 bits per heavy atom. The molecule has 0 atom stereocenters. The van der Waals surface area contributed by atoms with Crippen LogP contribution in [-0.2, 0) is 6.42 Å². The molecule has 0 unspecified atom stereocenters. The van der Waals surface area contributed by atoms with Gasteiger partial charge in [-0.05, 0) is 12.7 Å². The molecule has 0 aliphatic rings. The van der Waals surface area contributed by atoms with Gasteiger partial charge >= 0.3 is 0 Å². The van der Waals surface area contributed by atoms with Gasteiger partial charge in [-0.1, -0.05) is 41.0 Å². The first-order valence-electron chi connectivity index (χ1n) is 6.23. The van der Waals surface area contributed by atoms with E-state index in [1.54, 1.807) is 6.20 Å². The van der Waals surface area contributed by atoms with Gasteiger partial charge in [0.1, 0.15) is 5.76 Å². The number of nitrogens with zero attached hydrogens (tertiary/aromatic N) is 1. The van der Waals surface area contributed by atoms with Crippen molar-refractivity contribution in [2.45, 2.75) is 54.4 Å². The summed E-state index contributed by atoms with van der Waals surface area (Å²) in [7, 11) is 0. The summed E-state index contributed by atoms with van der Waals surface area (Å²) in [6.07, 6.45) is 3.97. The van der Waals surface area contributed by atoms with Crippen molar-refractivity contribution in [3.8, 4) is 0 Å². The van der Waals surface area contributed by atoms with Crippen LogP contribution in [0.5, 0.6) is 0 Å². The molecule has 0 N–H and O–H groups in total. The van der Waals surface area contributed by atoms with Crippen molar-refractivity contribution in [1.82, 2.24) is 4.98 Å². The van der Waals surface area contributed by atoms with Gasteiger partial charge in [-0.3, -0.25) is 0 Å². The lowest BCUT2D eigenvalue weighted by Gasteiger charge is -1.92. The maximum Gasteiger partial charge on any atom is 0.195 e. The van der Waals surface area contributed by atoms with Crippen molar-refractivity contribution in [2.24, 2.45) is 0 Å². The van der Waals surface area contributed by atoms with Gasteiger partial charge in [0.05, 0.1) is 6.20 Å². The van der Waals surface area contributed by atoms with Crippen molar-refractivity contribution in [3.05, 3.63) is 17.8 Å². The summed E-state index contributed by atoms with van der Waals surface area (Å²) in [6, 6.07) is 0. The average Bonchev–Trinajstić information content (AvgIpc) is 2.69. The molecular formula is C13H27NOS. The summed E-state index contributed by atoms with van der Waals surface area (Å²) in [4.78, 5) is 4.11. The number of oxazole rings is 1. The molecule has 1 aromatic rings. The number of thioether (sulfide) groups is 1. The Labute approximate surface area is 105 Å². The second kappa shape index (κ2) is 14.6. The van der Waals surface area contributed by atoms with Crippen molar-refractivity contribution in [3.63, 3.8) is 0 Å². The molecule has 1 rings (SSSR count). The highest BCUT2D eigenvalue weighted by Crippen LogP contribution is 2.06. The predicted octanol–water partition coefficient (Wildman–Crippen LogP) is 4.72. The van der Waals surface area contributed by atoms with E-state index in [2.05, 4.69) is 25.8 Å². The summed E-state index contributed by atoms with van der Waals surface area (Å²) < 4.78 is 5.31.